The molecule has 0 radical (unpaired) electrons. The summed E-state index contributed by atoms with van der Waals surface area (Å²) in [7, 11) is 0. The molecule has 2 N–H and O–H groups in total. The smallest absolute Gasteiger partial charge is 0.0108 e. The van der Waals surface area contributed by atoms with Gasteiger partial charge in [-0.2, -0.15) is 0 Å². The summed E-state index contributed by atoms with van der Waals surface area (Å²) in [5.41, 5.74) is 6.73. The molecule has 76 valence electrons. The van der Waals surface area contributed by atoms with E-state index in [1.807, 2.05) is 0 Å². The van der Waals surface area contributed by atoms with Crippen LogP contribution < -0.4 is 5.73 Å². The van der Waals surface area contributed by atoms with Gasteiger partial charge >= 0.3 is 0 Å². The first-order chi connectivity index (χ1) is 6.27. The van der Waals surface area contributed by atoms with Crippen LogP contribution in [0.4, 0.5) is 0 Å². The van der Waals surface area contributed by atoms with Crippen molar-refractivity contribution in [2.75, 3.05) is 19.6 Å². The zero-order valence-electron chi connectivity index (χ0n) is 8.76. The molecule has 0 aromatic carbocycles. The first-order valence-electron chi connectivity index (χ1n) is 5.75. The summed E-state index contributed by atoms with van der Waals surface area (Å²) in [5, 5.41) is 0. The van der Waals surface area contributed by atoms with Crippen LogP contribution in [0.15, 0.2) is 0 Å². The molecule has 2 aliphatic rings. The van der Waals surface area contributed by atoms with Crippen LogP contribution >= 0.6 is 0 Å². The second-order valence-corrected chi connectivity index (χ2v) is 4.89. The molecule has 0 amide bonds. The summed E-state index contributed by atoms with van der Waals surface area (Å²) in [4.78, 5) is 2.60. The fourth-order valence-corrected chi connectivity index (χ4v) is 3.16. The summed E-state index contributed by atoms with van der Waals surface area (Å²) in [6, 6.07) is 0.495. The standard InChI is InChI=1S/C11H22N2/c1-2-7-13-8-6-11(9-13)5-3-4-10(11)12/h10H,2-9,12H2,1H3. The number of hydrogen-bond donors (Lipinski definition) is 1. The Labute approximate surface area is 81.5 Å². The monoisotopic (exact) mass is 182 g/mol. The van der Waals surface area contributed by atoms with Crippen molar-refractivity contribution in [3.63, 3.8) is 0 Å². The van der Waals surface area contributed by atoms with E-state index >= 15 is 0 Å². The Morgan fingerprint density at radius 3 is 2.92 bits per heavy atom. The Morgan fingerprint density at radius 2 is 2.31 bits per heavy atom. The van der Waals surface area contributed by atoms with Crippen molar-refractivity contribution >= 4 is 0 Å². The summed E-state index contributed by atoms with van der Waals surface area (Å²) in [6.45, 7) is 6.11. The van der Waals surface area contributed by atoms with Crippen LogP contribution in [-0.2, 0) is 0 Å². The van der Waals surface area contributed by atoms with Crippen molar-refractivity contribution in [2.24, 2.45) is 11.1 Å². The fraction of sp³-hybridized carbons (Fsp3) is 1.00. The summed E-state index contributed by atoms with van der Waals surface area (Å²) in [6.07, 6.45) is 6.65. The van der Waals surface area contributed by atoms with E-state index in [0.717, 1.165) is 0 Å². The number of hydrogen-bond acceptors (Lipinski definition) is 2. The highest BCUT2D eigenvalue weighted by molar-refractivity contribution is 5.00. The topological polar surface area (TPSA) is 29.3 Å². The summed E-state index contributed by atoms with van der Waals surface area (Å²) >= 11 is 0. The average molecular weight is 182 g/mol. The molecular formula is C11H22N2. The zero-order chi connectivity index (χ0) is 9.31. The minimum absolute atomic E-state index is 0.495. The van der Waals surface area contributed by atoms with Crippen LogP contribution in [0, 0.1) is 5.41 Å². The highest BCUT2D eigenvalue weighted by atomic mass is 15.2. The van der Waals surface area contributed by atoms with E-state index in [1.165, 1.54) is 51.7 Å². The molecular weight excluding hydrogens is 160 g/mol. The number of nitrogens with two attached hydrogens (primary N) is 1. The van der Waals surface area contributed by atoms with Gasteiger partial charge in [-0.25, -0.2) is 0 Å². The minimum atomic E-state index is 0.495. The van der Waals surface area contributed by atoms with E-state index in [4.69, 9.17) is 5.73 Å². The van der Waals surface area contributed by atoms with Gasteiger partial charge in [0, 0.05) is 12.6 Å². The lowest BCUT2D eigenvalue weighted by molar-refractivity contribution is 0.239. The molecule has 1 aliphatic heterocycles. The van der Waals surface area contributed by atoms with Gasteiger partial charge in [0.05, 0.1) is 0 Å². The largest absolute Gasteiger partial charge is 0.327 e. The molecule has 1 spiro atoms. The van der Waals surface area contributed by atoms with Gasteiger partial charge in [-0.1, -0.05) is 13.3 Å². The fourth-order valence-electron chi connectivity index (χ4n) is 3.16. The van der Waals surface area contributed by atoms with Gasteiger partial charge < -0.3 is 10.6 Å². The van der Waals surface area contributed by atoms with Crippen LogP contribution in [0.5, 0.6) is 0 Å². The lowest BCUT2D eigenvalue weighted by atomic mass is 9.82. The Bertz CT molecular complexity index is 181. The second kappa shape index (κ2) is 3.58. The van der Waals surface area contributed by atoms with Crippen LogP contribution in [-0.4, -0.2) is 30.6 Å². The third-order valence-corrected chi connectivity index (χ3v) is 3.98. The molecule has 13 heavy (non-hydrogen) atoms. The van der Waals surface area contributed by atoms with E-state index in [0.29, 0.717) is 11.5 Å². The molecule has 2 rings (SSSR count). The first-order valence-corrected chi connectivity index (χ1v) is 5.75. The molecule has 0 aromatic heterocycles. The zero-order valence-corrected chi connectivity index (χ0v) is 8.76. The van der Waals surface area contributed by atoms with Crippen LogP contribution in [0.1, 0.15) is 39.0 Å². The van der Waals surface area contributed by atoms with E-state index in [9.17, 15) is 0 Å². The molecule has 2 nitrogen and oxygen atoms in total. The lowest BCUT2D eigenvalue weighted by Crippen LogP contribution is -2.39. The number of nitrogens with zero attached hydrogens (tertiary/aromatic N) is 1. The molecule has 0 aromatic rings. The maximum atomic E-state index is 6.21. The van der Waals surface area contributed by atoms with Gasteiger partial charge in [-0.3, -0.25) is 0 Å². The third-order valence-electron chi connectivity index (χ3n) is 3.98. The van der Waals surface area contributed by atoms with Gasteiger partial charge in [-0.05, 0) is 44.2 Å². The maximum absolute atomic E-state index is 6.21. The summed E-state index contributed by atoms with van der Waals surface area (Å²) in [5.74, 6) is 0. The van der Waals surface area contributed by atoms with Gasteiger partial charge in [0.1, 0.15) is 0 Å². The normalized spacial score (nSPS) is 40.6. The van der Waals surface area contributed by atoms with Gasteiger partial charge in [-0.15, -0.1) is 0 Å². The average Bonchev–Trinajstić information content (AvgIpc) is 2.64. The first kappa shape index (κ1) is 9.47. The van der Waals surface area contributed by atoms with E-state index in [2.05, 4.69) is 11.8 Å². The van der Waals surface area contributed by atoms with E-state index in [-0.39, 0.29) is 0 Å². The lowest BCUT2D eigenvalue weighted by Gasteiger charge is -2.28. The van der Waals surface area contributed by atoms with Crippen molar-refractivity contribution in [1.82, 2.24) is 4.90 Å². The predicted octanol–water partition coefficient (Wildman–Crippen LogP) is 1.60. The molecule has 1 aliphatic carbocycles. The Hall–Kier alpha value is -0.0800. The second-order valence-electron chi connectivity index (χ2n) is 4.89. The molecule has 2 fully saturated rings. The molecule has 1 saturated carbocycles. The molecule has 2 heteroatoms. The van der Waals surface area contributed by atoms with Gasteiger partial charge in [0.2, 0.25) is 0 Å². The molecule has 1 heterocycles. The molecule has 2 atom stereocenters. The van der Waals surface area contributed by atoms with Crippen molar-refractivity contribution in [1.29, 1.82) is 0 Å². The number of rotatable bonds is 2. The SMILES string of the molecule is CCCN1CCC2(CCCC2N)C1. The Morgan fingerprint density at radius 1 is 1.46 bits per heavy atom. The molecule has 1 saturated heterocycles. The Balaban J connectivity index is 1.95. The van der Waals surface area contributed by atoms with Crippen molar-refractivity contribution in [2.45, 2.75) is 45.1 Å². The van der Waals surface area contributed by atoms with E-state index < -0.39 is 0 Å². The van der Waals surface area contributed by atoms with Crippen LogP contribution in [0.2, 0.25) is 0 Å². The quantitative estimate of drug-likeness (QED) is 0.703. The molecule has 2 unspecified atom stereocenters. The van der Waals surface area contributed by atoms with Crippen LogP contribution in [0.3, 0.4) is 0 Å². The third kappa shape index (κ3) is 1.62. The van der Waals surface area contributed by atoms with E-state index in [1.54, 1.807) is 0 Å². The van der Waals surface area contributed by atoms with Crippen molar-refractivity contribution in [3.05, 3.63) is 0 Å². The summed E-state index contributed by atoms with van der Waals surface area (Å²) < 4.78 is 0. The molecule has 0 bridgehead atoms. The van der Waals surface area contributed by atoms with Gasteiger partial charge in [0.15, 0.2) is 0 Å². The Kier molecular flexibility index (Phi) is 2.61. The highest BCUT2D eigenvalue weighted by Gasteiger charge is 2.45. The van der Waals surface area contributed by atoms with Crippen molar-refractivity contribution < 1.29 is 0 Å². The highest BCUT2D eigenvalue weighted by Crippen LogP contribution is 2.44. The van der Waals surface area contributed by atoms with Crippen LogP contribution in [0.25, 0.3) is 0 Å². The number of likely N-dealkylation sites (tertiary alicyclic amines) is 1. The maximum Gasteiger partial charge on any atom is 0.0108 e. The van der Waals surface area contributed by atoms with Gasteiger partial charge in [0.25, 0.3) is 0 Å². The minimum Gasteiger partial charge on any atom is -0.327 e. The van der Waals surface area contributed by atoms with Crippen molar-refractivity contribution in [3.8, 4) is 0 Å². The predicted molar refractivity (Wildman–Crippen MR) is 55.6 cm³/mol.